The summed E-state index contributed by atoms with van der Waals surface area (Å²) in [6.45, 7) is 0.470. The Bertz CT molecular complexity index is 2470. The van der Waals surface area contributed by atoms with Gasteiger partial charge in [0.25, 0.3) is 0 Å². The molecule has 0 bridgehead atoms. The number of hydrogen-bond acceptors (Lipinski definition) is 7. The van der Waals surface area contributed by atoms with Gasteiger partial charge in [-0.3, -0.25) is 29.0 Å². The zero-order chi connectivity index (χ0) is 45.8. The molecular weight excluding hydrogens is 819 g/mol. The SMILES string of the molecule is NC(N)=NCCC[C@H](CC(=O)[C@@H](Cc1ccccc1)NC(=O)[C@@H](CC(=O)CCCc1ccccc1)Cc1cnc[nH]1)C(=O)N[C@@H](Cc1c[nH]c2ccccc12)C(=O)NCc1ccccc1. The van der Waals surface area contributed by atoms with Crippen molar-refractivity contribution in [2.24, 2.45) is 28.3 Å². The molecule has 65 heavy (non-hydrogen) atoms. The van der Waals surface area contributed by atoms with Gasteiger partial charge >= 0.3 is 0 Å². The van der Waals surface area contributed by atoms with Crippen LogP contribution in [0.25, 0.3) is 10.9 Å². The number of para-hydroxylation sites is 1. The summed E-state index contributed by atoms with van der Waals surface area (Å²) < 4.78 is 0. The average Bonchev–Trinajstić information content (AvgIpc) is 3.99. The monoisotopic (exact) mass is 877 g/mol. The fourth-order valence-corrected chi connectivity index (χ4v) is 8.00. The molecule has 3 amide bonds. The number of amides is 3. The molecule has 6 aromatic rings. The molecule has 14 nitrogen and oxygen atoms in total. The van der Waals surface area contributed by atoms with E-state index in [1.54, 1.807) is 6.20 Å². The number of aromatic amines is 2. The van der Waals surface area contributed by atoms with E-state index in [2.05, 4.69) is 35.9 Å². The summed E-state index contributed by atoms with van der Waals surface area (Å²) in [6.07, 6.45) is 7.50. The lowest BCUT2D eigenvalue weighted by atomic mass is 9.89. The van der Waals surface area contributed by atoms with Gasteiger partial charge < -0.3 is 37.4 Å². The van der Waals surface area contributed by atoms with Crippen LogP contribution in [0.2, 0.25) is 0 Å². The van der Waals surface area contributed by atoms with E-state index in [1.807, 2.05) is 121 Å². The number of aryl methyl sites for hydroxylation is 1. The molecule has 2 aromatic heterocycles. The third-order valence-corrected chi connectivity index (χ3v) is 11.5. The highest BCUT2D eigenvalue weighted by atomic mass is 16.2. The highest BCUT2D eigenvalue weighted by Crippen LogP contribution is 2.22. The van der Waals surface area contributed by atoms with Crippen LogP contribution in [0.5, 0.6) is 0 Å². The van der Waals surface area contributed by atoms with Crippen LogP contribution < -0.4 is 27.4 Å². The maximum Gasteiger partial charge on any atom is 0.243 e. The molecule has 0 aliphatic heterocycles. The van der Waals surface area contributed by atoms with Crippen molar-refractivity contribution >= 4 is 46.2 Å². The molecule has 0 aliphatic carbocycles. The molecule has 0 fully saturated rings. The predicted molar refractivity (Wildman–Crippen MR) is 252 cm³/mol. The number of hydrogen-bond donors (Lipinski definition) is 7. The van der Waals surface area contributed by atoms with Gasteiger partial charge in [0.15, 0.2) is 11.7 Å². The number of guanidine groups is 1. The third-order valence-electron chi connectivity index (χ3n) is 11.5. The number of rotatable bonds is 26. The molecule has 338 valence electrons. The van der Waals surface area contributed by atoms with E-state index in [9.17, 15) is 24.0 Å². The fourth-order valence-electron chi connectivity index (χ4n) is 8.00. The average molecular weight is 878 g/mol. The molecule has 6 rings (SSSR count). The first kappa shape index (κ1) is 47.1. The number of H-pyrrole nitrogens is 2. The summed E-state index contributed by atoms with van der Waals surface area (Å²) in [4.78, 5) is 85.3. The number of aliphatic imine (C=N–C) groups is 1. The maximum atomic E-state index is 14.6. The minimum Gasteiger partial charge on any atom is -0.370 e. The van der Waals surface area contributed by atoms with Crippen molar-refractivity contribution in [2.75, 3.05) is 6.54 Å². The number of nitrogens with two attached hydrogens (primary N) is 2. The summed E-state index contributed by atoms with van der Waals surface area (Å²) in [5.74, 6) is -3.56. The lowest BCUT2D eigenvalue weighted by molar-refractivity contribution is -0.135. The van der Waals surface area contributed by atoms with E-state index in [1.165, 1.54) is 6.33 Å². The van der Waals surface area contributed by atoms with Gasteiger partial charge in [0.05, 0.1) is 18.3 Å². The number of imidazole rings is 1. The molecular formula is C51H59N9O5. The number of carbonyl (C=O) groups excluding carboxylic acids is 5. The lowest BCUT2D eigenvalue weighted by Gasteiger charge is -2.25. The van der Waals surface area contributed by atoms with Gasteiger partial charge in [-0.1, -0.05) is 109 Å². The molecule has 0 saturated heterocycles. The Morgan fingerprint density at radius 1 is 0.646 bits per heavy atom. The van der Waals surface area contributed by atoms with Crippen LogP contribution in [0.1, 0.15) is 66.5 Å². The highest BCUT2D eigenvalue weighted by Gasteiger charge is 2.33. The van der Waals surface area contributed by atoms with Crippen molar-refractivity contribution in [2.45, 2.75) is 82.8 Å². The second kappa shape index (κ2) is 24.5. The Labute approximate surface area is 379 Å². The highest BCUT2D eigenvalue weighted by molar-refractivity contribution is 5.95. The van der Waals surface area contributed by atoms with Gasteiger partial charge in [-0.15, -0.1) is 0 Å². The Balaban J connectivity index is 1.21. The van der Waals surface area contributed by atoms with Gasteiger partial charge in [-0.05, 0) is 60.4 Å². The quantitative estimate of drug-likeness (QED) is 0.0211. The van der Waals surface area contributed by atoms with Crippen molar-refractivity contribution in [3.05, 3.63) is 162 Å². The molecule has 14 heteroatoms. The van der Waals surface area contributed by atoms with Gasteiger partial charge in [-0.2, -0.15) is 0 Å². The largest absolute Gasteiger partial charge is 0.370 e. The first-order valence-electron chi connectivity index (χ1n) is 22.2. The predicted octanol–water partition coefficient (Wildman–Crippen LogP) is 5.43. The molecule has 0 saturated carbocycles. The smallest absolute Gasteiger partial charge is 0.243 e. The van der Waals surface area contributed by atoms with Crippen molar-refractivity contribution in [1.82, 2.24) is 30.9 Å². The van der Waals surface area contributed by atoms with Crippen LogP contribution in [-0.2, 0) is 56.2 Å². The Morgan fingerprint density at radius 2 is 1.29 bits per heavy atom. The second-order valence-electron chi connectivity index (χ2n) is 16.5. The molecule has 9 N–H and O–H groups in total. The van der Waals surface area contributed by atoms with E-state index >= 15 is 0 Å². The Morgan fingerprint density at radius 3 is 1.98 bits per heavy atom. The standard InChI is InChI=1S/C51H59N9O5/c52-51(53)55-25-13-21-38(48(63)60-46(50(65)57-31-37-18-8-3-9-19-37)29-40-32-56-44-24-11-10-23-43(40)44)30-47(62)45(26-36-16-6-2-7-17-36)59-49(64)39(27-41-33-54-34-58-41)28-42(61)22-12-20-35-14-4-1-5-15-35/h1-11,14-19,23-24,32-34,38-39,45-46,56H,12-13,20-22,25-31H2,(H,54,58)(H,57,65)(H,59,64)(H,60,63)(H4,52,53,55)/t38-,39-,45-,46+/m1/s1. The van der Waals surface area contributed by atoms with E-state index in [0.29, 0.717) is 25.0 Å². The van der Waals surface area contributed by atoms with Crippen LogP contribution in [0.15, 0.2) is 139 Å². The maximum absolute atomic E-state index is 14.6. The number of carbonyl (C=O) groups is 5. The number of aromatic nitrogens is 3. The summed E-state index contributed by atoms with van der Waals surface area (Å²) in [6, 6.07) is 34.4. The molecule has 2 heterocycles. The van der Waals surface area contributed by atoms with Crippen molar-refractivity contribution in [1.29, 1.82) is 0 Å². The summed E-state index contributed by atoms with van der Waals surface area (Å²) in [5, 5.41) is 9.90. The minimum atomic E-state index is -1.04. The number of ketones is 2. The van der Waals surface area contributed by atoms with Crippen LogP contribution in [0.4, 0.5) is 0 Å². The molecule has 4 atom stereocenters. The number of nitrogens with one attached hydrogen (secondary N) is 5. The zero-order valence-electron chi connectivity index (χ0n) is 36.6. The number of fused-ring (bicyclic) bond motifs is 1. The van der Waals surface area contributed by atoms with E-state index in [0.717, 1.165) is 39.6 Å². The zero-order valence-corrected chi connectivity index (χ0v) is 36.6. The Kier molecular flexibility index (Phi) is 17.8. The van der Waals surface area contributed by atoms with Crippen molar-refractivity contribution in [3.8, 4) is 0 Å². The molecule has 0 unspecified atom stereocenters. The lowest BCUT2D eigenvalue weighted by Crippen LogP contribution is -2.50. The van der Waals surface area contributed by atoms with Crippen molar-refractivity contribution < 1.29 is 24.0 Å². The summed E-state index contributed by atoms with van der Waals surface area (Å²) in [7, 11) is 0. The fraction of sp³-hybridized carbons (Fsp3) is 0.314. The van der Waals surface area contributed by atoms with Crippen LogP contribution in [-0.4, -0.2) is 68.8 Å². The second-order valence-corrected chi connectivity index (χ2v) is 16.5. The third kappa shape index (κ3) is 15.2. The molecule has 0 spiro atoms. The van der Waals surface area contributed by atoms with Gasteiger partial charge in [-0.25, -0.2) is 4.98 Å². The summed E-state index contributed by atoms with van der Waals surface area (Å²) >= 11 is 0. The van der Waals surface area contributed by atoms with Gasteiger partial charge in [0.2, 0.25) is 17.7 Å². The van der Waals surface area contributed by atoms with E-state index in [-0.39, 0.29) is 75.0 Å². The Hall–Kier alpha value is -7.35. The minimum absolute atomic E-state index is 0.0220. The van der Waals surface area contributed by atoms with Gasteiger partial charge in [0.1, 0.15) is 11.8 Å². The molecule has 4 aromatic carbocycles. The van der Waals surface area contributed by atoms with Gasteiger partial charge in [0, 0.05) is 80.1 Å². The first-order valence-corrected chi connectivity index (χ1v) is 22.2. The van der Waals surface area contributed by atoms with Crippen molar-refractivity contribution in [3.63, 3.8) is 0 Å². The summed E-state index contributed by atoms with van der Waals surface area (Å²) in [5.41, 5.74) is 16.5. The number of nitrogens with zero attached hydrogens (tertiary/aromatic N) is 2. The normalized spacial score (nSPS) is 12.9. The van der Waals surface area contributed by atoms with E-state index < -0.39 is 35.7 Å². The first-order chi connectivity index (χ1) is 31.6. The molecule has 0 aliphatic rings. The van der Waals surface area contributed by atoms with Crippen LogP contribution in [0.3, 0.4) is 0 Å². The number of Topliss-reactive ketones (excluding diaryl/α,β-unsaturated/α-hetero) is 2. The van der Waals surface area contributed by atoms with Crippen LogP contribution >= 0.6 is 0 Å². The topological polar surface area (TPSA) is 230 Å². The molecule has 0 radical (unpaired) electrons. The number of benzene rings is 4. The van der Waals surface area contributed by atoms with E-state index in [4.69, 9.17) is 11.5 Å². The van der Waals surface area contributed by atoms with Crippen LogP contribution in [0, 0.1) is 11.8 Å².